The van der Waals surface area contributed by atoms with Crippen LogP contribution in [-0.4, -0.2) is 16.8 Å². The van der Waals surface area contributed by atoms with Crippen molar-refractivity contribution in [3.05, 3.63) is 28.8 Å². The van der Waals surface area contributed by atoms with E-state index >= 15 is 0 Å². The summed E-state index contributed by atoms with van der Waals surface area (Å²) in [6.45, 7) is 8.14. The Morgan fingerprint density at radius 3 is 2.31 bits per heavy atom. The Labute approximate surface area is 96.9 Å². The summed E-state index contributed by atoms with van der Waals surface area (Å²) in [5, 5.41) is 19.9. The highest BCUT2D eigenvalue weighted by Crippen LogP contribution is 2.36. The van der Waals surface area contributed by atoms with E-state index in [1.54, 1.807) is 6.07 Å². The SMILES string of the molecule is Cc1cc(C(O)CN)c(O)c(C(C)(C)C)c1. The number of aromatic hydroxyl groups is 1. The maximum Gasteiger partial charge on any atom is 0.125 e. The van der Waals surface area contributed by atoms with E-state index in [9.17, 15) is 10.2 Å². The Morgan fingerprint density at radius 2 is 1.88 bits per heavy atom. The fourth-order valence-electron chi connectivity index (χ4n) is 1.76. The van der Waals surface area contributed by atoms with Crippen LogP contribution in [0.25, 0.3) is 0 Å². The molecule has 4 N–H and O–H groups in total. The minimum atomic E-state index is -0.805. The maximum atomic E-state index is 10.1. The predicted octanol–water partition coefficient (Wildman–Crippen LogP) is 1.99. The Morgan fingerprint density at radius 1 is 1.31 bits per heavy atom. The van der Waals surface area contributed by atoms with Crippen LogP contribution >= 0.6 is 0 Å². The van der Waals surface area contributed by atoms with Crippen molar-refractivity contribution < 1.29 is 10.2 Å². The summed E-state index contributed by atoms with van der Waals surface area (Å²) in [6, 6.07) is 3.73. The third kappa shape index (κ3) is 2.54. The molecule has 16 heavy (non-hydrogen) atoms. The van der Waals surface area contributed by atoms with Gasteiger partial charge in [0.25, 0.3) is 0 Å². The molecule has 3 nitrogen and oxygen atoms in total. The van der Waals surface area contributed by atoms with Crippen LogP contribution in [0.1, 0.15) is 43.6 Å². The van der Waals surface area contributed by atoms with E-state index in [1.807, 2.05) is 33.8 Å². The number of rotatable bonds is 2. The summed E-state index contributed by atoms with van der Waals surface area (Å²) < 4.78 is 0. The topological polar surface area (TPSA) is 66.5 Å². The van der Waals surface area contributed by atoms with Gasteiger partial charge in [0.05, 0.1) is 6.10 Å². The van der Waals surface area contributed by atoms with Gasteiger partial charge in [0.1, 0.15) is 5.75 Å². The highest BCUT2D eigenvalue weighted by Gasteiger charge is 2.22. The average Bonchev–Trinajstić information content (AvgIpc) is 2.18. The molecule has 1 aromatic rings. The van der Waals surface area contributed by atoms with Crippen molar-refractivity contribution >= 4 is 0 Å². The smallest absolute Gasteiger partial charge is 0.125 e. The van der Waals surface area contributed by atoms with E-state index in [4.69, 9.17) is 5.73 Å². The van der Waals surface area contributed by atoms with E-state index in [1.165, 1.54) is 0 Å². The van der Waals surface area contributed by atoms with Crippen molar-refractivity contribution in [3.63, 3.8) is 0 Å². The molecule has 1 aromatic carbocycles. The molecule has 0 aliphatic heterocycles. The summed E-state index contributed by atoms with van der Waals surface area (Å²) in [7, 11) is 0. The Balaban J connectivity index is 3.38. The van der Waals surface area contributed by atoms with Crippen LogP contribution in [0, 0.1) is 6.92 Å². The number of hydrogen-bond donors (Lipinski definition) is 3. The summed E-state index contributed by atoms with van der Waals surface area (Å²) in [5.41, 5.74) is 7.65. The number of nitrogens with two attached hydrogens (primary N) is 1. The highest BCUT2D eigenvalue weighted by atomic mass is 16.3. The van der Waals surface area contributed by atoms with Gasteiger partial charge in [-0.1, -0.05) is 32.4 Å². The van der Waals surface area contributed by atoms with Gasteiger partial charge >= 0.3 is 0 Å². The second kappa shape index (κ2) is 4.44. The lowest BCUT2D eigenvalue weighted by atomic mass is 9.83. The zero-order chi connectivity index (χ0) is 12.5. The van der Waals surface area contributed by atoms with Gasteiger partial charge in [-0.25, -0.2) is 0 Å². The largest absolute Gasteiger partial charge is 0.507 e. The molecule has 0 saturated carbocycles. The monoisotopic (exact) mass is 223 g/mol. The second-order valence-corrected chi connectivity index (χ2v) is 5.25. The summed E-state index contributed by atoms with van der Waals surface area (Å²) >= 11 is 0. The van der Waals surface area contributed by atoms with Gasteiger partial charge in [-0.3, -0.25) is 0 Å². The number of aryl methyl sites for hydroxylation is 1. The molecule has 0 radical (unpaired) electrons. The van der Waals surface area contributed by atoms with E-state index in [-0.39, 0.29) is 17.7 Å². The second-order valence-electron chi connectivity index (χ2n) is 5.25. The molecule has 0 heterocycles. The zero-order valence-corrected chi connectivity index (χ0v) is 10.4. The summed E-state index contributed by atoms with van der Waals surface area (Å²) in [6.07, 6.45) is -0.805. The molecule has 0 saturated heterocycles. The third-order valence-electron chi connectivity index (χ3n) is 2.67. The first-order valence-corrected chi connectivity index (χ1v) is 5.49. The highest BCUT2D eigenvalue weighted by molar-refractivity contribution is 5.47. The van der Waals surface area contributed by atoms with Crippen LogP contribution in [0.4, 0.5) is 0 Å². The Hall–Kier alpha value is -1.06. The maximum absolute atomic E-state index is 10.1. The lowest BCUT2D eigenvalue weighted by molar-refractivity contribution is 0.182. The van der Waals surface area contributed by atoms with Crippen LogP contribution in [-0.2, 0) is 5.41 Å². The van der Waals surface area contributed by atoms with Crippen LogP contribution < -0.4 is 5.73 Å². The van der Waals surface area contributed by atoms with Crippen molar-refractivity contribution in [3.8, 4) is 5.75 Å². The quantitative estimate of drug-likeness (QED) is 0.718. The standard InChI is InChI=1S/C13H21NO2/c1-8-5-9(11(15)7-14)12(16)10(6-8)13(2,3)4/h5-6,11,15-16H,7,14H2,1-4H3. The van der Waals surface area contributed by atoms with Crippen molar-refractivity contribution in [2.24, 2.45) is 5.73 Å². The third-order valence-corrected chi connectivity index (χ3v) is 2.67. The first-order chi connectivity index (χ1) is 7.27. The number of aliphatic hydroxyl groups excluding tert-OH is 1. The van der Waals surface area contributed by atoms with Gasteiger partial charge in [-0.15, -0.1) is 0 Å². The molecule has 0 spiro atoms. The molecule has 0 bridgehead atoms. The first kappa shape index (κ1) is 13.0. The van der Waals surface area contributed by atoms with Gasteiger partial charge in [-0.05, 0) is 24.0 Å². The first-order valence-electron chi connectivity index (χ1n) is 5.49. The predicted molar refractivity (Wildman–Crippen MR) is 65.6 cm³/mol. The molecule has 1 unspecified atom stereocenters. The van der Waals surface area contributed by atoms with E-state index in [0.717, 1.165) is 11.1 Å². The van der Waals surface area contributed by atoms with Crippen molar-refractivity contribution in [1.29, 1.82) is 0 Å². The number of phenols is 1. The molecule has 0 aliphatic rings. The number of benzene rings is 1. The number of phenolic OH excluding ortho intramolecular Hbond substituents is 1. The summed E-state index contributed by atoms with van der Waals surface area (Å²) in [5.74, 6) is 0.163. The molecule has 1 rings (SSSR count). The van der Waals surface area contributed by atoms with Crippen LogP contribution in [0.15, 0.2) is 12.1 Å². The van der Waals surface area contributed by atoms with Gasteiger partial charge < -0.3 is 15.9 Å². The van der Waals surface area contributed by atoms with E-state index in [0.29, 0.717) is 5.56 Å². The molecule has 0 amide bonds. The average molecular weight is 223 g/mol. The van der Waals surface area contributed by atoms with Gasteiger partial charge in [0, 0.05) is 12.1 Å². The lowest BCUT2D eigenvalue weighted by Crippen LogP contribution is -2.16. The van der Waals surface area contributed by atoms with E-state index < -0.39 is 6.10 Å². The van der Waals surface area contributed by atoms with Crippen molar-refractivity contribution in [2.45, 2.75) is 39.2 Å². The molecule has 3 heteroatoms. The molecular weight excluding hydrogens is 202 g/mol. The van der Waals surface area contributed by atoms with Crippen molar-refractivity contribution in [2.75, 3.05) is 6.54 Å². The molecule has 0 aliphatic carbocycles. The fraction of sp³-hybridized carbons (Fsp3) is 0.538. The zero-order valence-electron chi connectivity index (χ0n) is 10.4. The Bertz CT molecular complexity index is 380. The molecule has 1 atom stereocenters. The normalized spacial score (nSPS) is 13.9. The van der Waals surface area contributed by atoms with E-state index in [2.05, 4.69) is 0 Å². The molecule has 0 fully saturated rings. The van der Waals surface area contributed by atoms with Crippen molar-refractivity contribution in [1.82, 2.24) is 0 Å². The van der Waals surface area contributed by atoms with Crippen LogP contribution in [0.3, 0.4) is 0 Å². The summed E-state index contributed by atoms with van der Waals surface area (Å²) in [4.78, 5) is 0. The number of hydrogen-bond acceptors (Lipinski definition) is 3. The molecule has 0 aromatic heterocycles. The fourth-order valence-corrected chi connectivity index (χ4v) is 1.76. The van der Waals surface area contributed by atoms with Gasteiger partial charge in [-0.2, -0.15) is 0 Å². The minimum Gasteiger partial charge on any atom is -0.507 e. The Kier molecular flexibility index (Phi) is 3.61. The van der Waals surface area contributed by atoms with Crippen LogP contribution in [0.5, 0.6) is 5.75 Å². The number of aliphatic hydroxyl groups is 1. The molecular formula is C13H21NO2. The molecule has 90 valence electrons. The van der Waals surface area contributed by atoms with Gasteiger partial charge in [0.15, 0.2) is 0 Å². The lowest BCUT2D eigenvalue weighted by Gasteiger charge is -2.24. The minimum absolute atomic E-state index is 0.112. The van der Waals surface area contributed by atoms with Crippen LogP contribution in [0.2, 0.25) is 0 Å². The van der Waals surface area contributed by atoms with Gasteiger partial charge in [0.2, 0.25) is 0 Å².